The van der Waals surface area contributed by atoms with Crippen molar-refractivity contribution >= 4 is 39.6 Å². The van der Waals surface area contributed by atoms with Gasteiger partial charge in [0, 0.05) is 5.38 Å². The van der Waals surface area contributed by atoms with E-state index in [1.807, 2.05) is 0 Å². The van der Waals surface area contributed by atoms with Crippen molar-refractivity contribution in [2.24, 2.45) is 0 Å². The van der Waals surface area contributed by atoms with Crippen molar-refractivity contribution in [2.45, 2.75) is 26.4 Å². The van der Waals surface area contributed by atoms with E-state index >= 15 is 0 Å². The highest BCUT2D eigenvalue weighted by Gasteiger charge is 2.19. The average Bonchev–Trinajstić information content (AvgIpc) is 2.70. The number of H-pyrrole nitrogens is 1. The number of hydrogen-bond acceptors (Lipinski definition) is 6. The summed E-state index contributed by atoms with van der Waals surface area (Å²) >= 11 is 0.975. The van der Waals surface area contributed by atoms with E-state index < -0.39 is 23.2 Å². The summed E-state index contributed by atoms with van der Waals surface area (Å²) in [5.74, 6) is -1.36. The SMILES string of the molecule is CC(C)(C)OC(=O)Nc1nc2c(C(=O)O)csc2c(=O)[nH]1. The second-order valence-electron chi connectivity index (χ2n) is 5.17. The number of amides is 1. The maximum Gasteiger partial charge on any atom is 0.414 e. The molecule has 0 unspecified atom stereocenters. The Hall–Kier alpha value is -2.42. The Morgan fingerprint density at radius 3 is 2.67 bits per heavy atom. The topological polar surface area (TPSA) is 121 Å². The molecule has 0 spiro atoms. The Labute approximate surface area is 122 Å². The number of nitrogens with zero attached hydrogens (tertiary/aromatic N) is 1. The maximum absolute atomic E-state index is 11.8. The molecule has 9 heteroatoms. The van der Waals surface area contributed by atoms with Gasteiger partial charge in [-0.1, -0.05) is 0 Å². The van der Waals surface area contributed by atoms with Crippen LogP contribution in [0.2, 0.25) is 0 Å². The first-order valence-electron chi connectivity index (χ1n) is 5.92. The molecule has 2 rings (SSSR count). The number of hydrogen-bond donors (Lipinski definition) is 3. The number of carboxylic acids is 1. The zero-order chi connectivity index (χ0) is 15.8. The third-order valence-electron chi connectivity index (χ3n) is 2.28. The molecule has 0 aromatic carbocycles. The third kappa shape index (κ3) is 3.37. The van der Waals surface area contributed by atoms with Gasteiger partial charge in [-0.3, -0.25) is 15.1 Å². The molecule has 2 aromatic heterocycles. The van der Waals surface area contributed by atoms with E-state index in [2.05, 4.69) is 15.3 Å². The minimum absolute atomic E-state index is 0.0299. The average molecular weight is 311 g/mol. The van der Waals surface area contributed by atoms with Gasteiger partial charge in [-0.05, 0) is 20.8 Å². The third-order valence-corrected chi connectivity index (χ3v) is 3.24. The lowest BCUT2D eigenvalue weighted by atomic mass is 10.2. The second kappa shape index (κ2) is 5.17. The normalized spacial score (nSPS) is 11.4. The molecule has 21 heavy (non-hydrogen) atoms. The summed E-state index contributed by atoms with van der Waals surface area (Å²) in [6.45, 7) is 5.06. The molecule has 0 radical (unpaired) electrons. The first kappa shape index (κ1) is 15.0. The van der Waals surface area contributed by atoms with Gasteiger partial charge in [-0.2, -0.15) is 0 Å². The summed E-state index contributed by atoms with van der Waals surface area (Å²) in [6, 6.07) is 0. The molecule has 0 atom stereocenters. The highest BCUT2D eigenvalue weighted by atomic mass is 32.1. The van der Waals surface area contributed by atoms with Crippen LogP contribution in [0, 0.1) is 0 Å². The maximum atomic E-state index is 11.8. The molecule has 8 nitrogen and oxygen atoms in total. The van der Waals surface area contributed by atoms with Gasteiger partial charge >= 0.3 is 12.1 Å². The number of fused-ring (bicyclic) bond motifs is 1. The number of aromatic amines is 1. The summed E-state index contributed by atoms with van der Waals surface area (Å²) in [5.41, 5.74) is -1.29. The predicted octanol–water partition coefficient (Wildman–Crippen LogP) is 2.03. The van der Waals surface area contributed by atoms with Crippen LogP contribution in [-0.4, -0.2) is 32.7 Å². The summed E-state index contributed by atoms with van der Waals surface area (Å²) in [4.78, 5) is 40.8. The highest BCUT2D eigenvalue weighted by molar-refractivity contribution is 7.17. The van der Waals surface area contributed by atoms with E-state index in [4.69, 9.17) is 9.84 Å². The second-order valence-corrected chi connectivity index (χ2v) is 6.05. The van der Waals surface area contributed by atoms with Crippen molar-refractivity contribution in [1.29, 1.82) is 0 Å². The molecule has 0 bridgehead atoms. The monoisotopic (exact) mass is 311 g/mol. The van der Waals surface area contributed by atoms with Crippen LogP contribution in [0.1, 0.15) is 31.1 Å². The Bertz CT molecular complexity index is 771. The van der Waals surface area contributed by atoms with E-state index in [0.29, 0.717) is 0 Å². The van der Waals surface area contributed by atoms with Gasteiger partial charge < -0.3 is 9.84 Å². The van der Waals surface area contributed by atoms with Gasteiger partial charge in [-0.25, -0.2) is 14.6 Å². The number of carbonyl (C=O) groups excluding carboxylic acids is 1. The fourth-order valence-corrected chi connectivity index (χ4v) is 2.41. The number of carboxylic acid groups (broad SMARTS) is 1. The van der Waals surface area contributed by atoms with Gasteiger partial charge in [-0.15, -0.1) is 11.3 Å². The van der Waals surface area contributed by atoms with Crippen LogP contribution < -0.4 is 10.9 Å². The molecule has 0 fully saturated rings. The van der Waals surface area contributed by atoms with Crippen LogP contribution in [0.3, 0.4) is 0 Å². The molecule has 3 N–H and O–H groups in total. The molecule has 0 saturated heterocycles. The van der Waals surface area contributed by atoms with Gasteiger partial charge in [0.15, 0.2) is 0 Å². The number of rotatable bonds is 2. The number of nitrogens with one attached hydrogen (secondary N) is 2. The number of carbonyl (C=O) groups is 2. The molecular weight excluding hydrogens is 298 g/mol. The van der Waals surface area contributed by atoms with Crippen LogP contribution >= 0.6 is 11.3 Å². The lowest BCUT2D eigenvalue weighted by Gasteiger charge is -2.19. The molecular formula is C12H13N3O5S. The summed E-state index contributed by atoms with van der Waals surface area (Å²) in [6.07, 6.45) is -0.794. The zero-order valence-corrected chi connectivity index (χ0v) is 12.3. The van der Waals surface area contributed by atoms with Gasteiger partial charge in [0.25, 0.3) is 5.56 Å². The fraction of sp³-hybridized carbons (Fsp3) is 0.333. The van der Waals surface area contributed by atoms with Gasteiger partial charge in [0.05, 0.1) is 5.56 Å². The van der Waals surface area contributed by atoms with Crippen molar-refractivity contribution < 1.29 is 19.4 Å². The van der Waals surface area contributed by atoms with E-state index in [1.54, 1.807) is 20.8 Å². The molecule has 0 saturated carbocycles. The van der Waals surface area contributed by atoms with Crippen molar-refractivity contribution in [1.82, 2.24) is 9.97 Å². The Kier molecular flexibility index (Phi) is 3.69. The lowest BCUT2D eigenvalue weighted by molar-refractivity contribution is 0.0633. The molecule has 2 heterocycles. The molecule has 2 aromatic rings. The minimum Gasteiger partial charge on any atom is -0.478 e. The Balaban J connectivity index is 2.38. The summed E-state index contributed by atoms with van der Waals surface area (Å²) < 4.78 is 5.21. The van der Waals surface area contributed by atoms with Gasteiger partial charge in [0.1, 0.15) is 15.8 Å². The summed E-state index contributed by atoms with van der Waals surface area (Å²) in [5, 5.41) is 12.6. The fourth-order valence-electron chi connectivity index (χ4n) is 1.54. The van der Waals surface area contributed by atoms with Crippen LogP contribution in [0.15, 0.2) is 10.2 Å². The first-order chi connectivity index (χ1) is 9.67. The largest absolute Gasteiger partial charge is 0.478 e. The van der Waals surface area contributed by atoms with Crippen LogP contribution in [-0.2, 0) is 4.74 Å². The summed E-state index contributed by atoms with van der Waals surface area (Å²) in [7, 11) is 0. The zero-order valence-electron chi connectivity index (χ0n) is 11.5. The number of anilines is 1. The number of aromatic carboxylic acids is 1. The number of thiophene rings is 1. The van der Waals surface area contributed by atoms with Crippen LogP contribution in [0.5, 0.6) is 0 Å². The molecule has 0 aliphatic carbocycles. The van der Waals surface area contributed by atoms with Crippen molar-refractivity contribution in [3.05, 3.63) is 21.3 Å². The lowest BCUT2D eigenvalue weighted by Crippen LogP contribution is -2.28. The van der Waals surface area contributed by atoms with Crippen molar-refractivity contribution in [3.63, 3.8) is 0 Å². The Morgan fingerprint density at radius 1 is 1.43 bits per heavy atom. The van der Waals surface area contributed by atoms with E-state index in [0.717, 1.165) is 11.3 Å². The smallest absolute Gasteiger partial charge is 0.414 e. The predicted molar refractivity (Wildman–Crippen MR) is 77.1 cm³/mol. The molecule has 0 aliphatic heterocycles. The van der Waals surface area contributed by atoms with Crippen LogP contribution in [0.4, 0.5) is 10.7 Å². The standard InChI is InChI=1S/C12H13N3O5S/c1-12(2,3)20-11(19)15-10-13-6-5(9(17)18)4-21-7(6)8(16)14-10/h4H,1-3H3,(H,17,18)(H2,13,14,15,16,19). The van der Waals surface area contributed by atoms with Crippen LogP contribution in [0.25, 0.3) is 10.2 Å². The molecule has 0 aliphatic rings. The quantitative estimate of drug-likeness (QED) is 0.780. The van der Waals surface area contributed by atoms with Gasteiger partial charge in [0.2, 0.25) is 5.95 Å². The number of aromatic nitrogens is 2. The first-order valence-corrected chi connectivity index (χ1v) is 6.80. The van der Waals surface area contributed by atoms with E-state index in [1.165, 1.54) is 5.38 Å². The van der Waals surface area contributed by atoms with Crippen molar-refractivity contribution in [3.8, 4) is 0 Å². The highest BCUT2D eigenvalue weighted by Crippen LogP contribution is 2.21. The minimum atomic E-state index is -1.19. The van der Waals surface area contributed by atoms with Crippen molar-refractivity contribution in [2.75, 3.05) is 5.32 Å². The molecule has 112 valence electrons. The molecule has 1 amide bonds. The van der Waals surface area contributed by atoms with E-state index in [-0.39, 0.29) is 21.7 Å². The number of ether oxygens (including phenoxy) is 1. The van der Waals surface area contributed by atoms with E-state index in [9.17, 15) is 14.4 Å². The Morgan fingerprint density at radius 2 is 2.10 bits per heavy atom.